The molecule has 8 nitrogen and oxygen atoms in total. The molecule has 1 aromatic rings. The quantitative estimate of drug-likeness (QED) is 0.695. The van der Waals surface area contributed by atoms with Crippen molar-refractivity contribution in [2.45, 2.75) is 58.9 Å². The number of aromatic nitrogens is 2. The maximum Gasteiger partial charge on any atom is 0.300 e. The summed E-state index contributed by atoms with van der Waals surface area (Å²) in [5, 5.41) is 10.6. The Hall–Kier alpha value is -2.09. The van der Waals surface area contributed by atoms with Gasteiger partial charge in [-0.15, -0.1) is 0 Å². The van der Waals surface area contributed by atoms with Crippen LogP contribution in [0, 0.1) is 5.92 Å². The Labute approximate surface area is 165 Å². The molecule has 2 rings (SSSR count). The molecule has 0 aliphatic heterocycles. The minimum absolute atomic E-state index is 0.113. The molecular formula is C18H30ClN5O3. The van der Waals surface area contributed by atoms with Crippen molar-refractivity contribution in [2.75, 3.05) is 24.2 Å². The average Bonchev–Trinajstić information content (AvgIpc) is 2.56. The molecule has 1 aliphatic rings. The van der Waals surface area contributed by atoms with Gasteiger partial charge in [0.2, 0.25) is 0 Å². The number of carboxylic acid groups (broad SMARTS) is 1. The number of carbonyl (C=O) groups is 2. The Morgan fingerprint density at radius 2 is 1.85 bits per heavy atom. The summed E-state index contributed by atoms with van der Waals surface area (Å²) in [6.07, 6.45) is 5.53. The van der Waals surface area contributed by atoms with Crippen LogP contribution in [-0.2, 0) is 4.79 Å². The summed E-state index contributed by atoms with van der Waals surface area (Å²) in [5.41, 5.74) is 6.06. The zero-order chi connectivity index (χ0) is 20.6. The van der Waals surface area contributed by atoms with Gasteiger partial charge in [-0.05, 0) is 18.8 Å². The number of nitrogens with two attached hydrogens (primary N) is 1. The number of halogens is 1. The van der Waals surface area contributed by atoms with Crippen molar-refractivity contribution in [3.05, 3.63) is 10.8 Å². The first kappa shape index (κ1) is 23.0. The third-order valence-electron chi connectivity index (χ3n) is 4.02. The largest absolute Gasteiger partial charge is 0.481 e. The molecule has 1 heterocycles. The third-order valence-corrected chi connectivity index (χ3v) is 4.27. The first-order chi connectivity index (χ1) is 12.6. The van der Waals surface area contributed by atoms with Gasteiger partial charge in [0.05, 0.1) is 0 Å². The number of nitrogens with one attached hydrogen (secondary N) is 1. The molecule has 1 fully saturated rings. The van der Waals surface area contributed by atoms with Crippen LogP contribution in [0.5, 0.6) is 0 Å². The van der Waals surface area contributed by atoms with Crippen molar-refractivity contribution in [3.63, 3.8) is 0 Å². The maximum absolute atomic E-state index is 12.4. The molecule has 0 radical (unpaired) electrons. The molecule has 152 valence electrons. The number of nitrogen functional groups attached to an aromatic ring is 1. The van der Waals surface area contributed by atoms with Crippen LogP contribution >= 0.6 is 11.6 Å². The lowest BCUT2D eigenvalue weighted by atomic mass is 9.95. The van der Waals surface area contributed by atoms with Gasteiger partial charge in [-0.2, -0.15) is 0 Å². The Morgan fingerprint density at radius 3 is 2.37 bits per heavy atom. The summed E-state index contributed by atoms with van der Waals surface area (Å²) in [5.74, 6) is -0.0457. The molecule has 0 spiro atoms. The highest BCUT2D eigenvalue weighted by Gasteiger charge is 2.22. The highest BCUT2D eigenvalue weighted by molar-refractivity contribution is 6.32. The predicted octanol–water partition coefficient (Wildman–Crippen LogP) is 2.96. The first-order valence-corrected chi connectivity index (χ1v) is 9.54. The second-order valence-electron chi connectivity index (χ2n) is 7.17. The Morgan fingerprint density at radius 1 is 1.30 bits per heavy atom. The fraction of sp³-hybridized carbons (Fsp3) is 0.667. The van der Waals surface area contributed by atoms with Crippen LogP contribution in [0.4, 0.5) is 11.6 Å². The molecule has 0 aromatic carbocycles. The van der Waals surface area contributed by atoms with Crippen LogP contribution in [0.1, 0.15) is 63.4 Å². The molecule has 1 aliphatic carbocycles. The van der Waals surface area contributed by atoms with Crippen molar-refractivity contribution in [3.8, 4) is 0 Å². The minimum atomic E-state index is -0.833. The van der Waals surface area contributed by atoms with Crippen molar-refractivity contribution < 1.29 is 14.7 Å². The smallest absolute Gasteiger partial charge is 0.300 e. The molecule has 1 amide bonds. The van der Waals surface area contributed by atoms with E-state index >= 15 is 0 Å². The fourth-order valence-corrected chi connectivity index (χ4v) is 3.23. The number of anilines is 2. The molecule has 1 saturated carbocycles. The van der Waals surface area contributed by atoms with E-state index in [9.17, 15) is 4.79 Å². The first-order valence-electron chi connectivity index (χ1n) is 9.16. The van der Waals surface area contributed by atoms with Crippen molar-refractivity contribution >= 4 is 35.1 Å². The fourth-order valence-electron chi connectivity index (χ4n) is 2.96. The van der Waals surface area contributed by atoms with Crippen LogP contribution < -0.4 is 16.0 Å². The second kappa shape index (κ2) is 10.9. The van der Waals surface area contributed by atoms with E-state index in [0.29, 0.717) is 11.7 Å². The van der Waals surface area contributed by atoms with E-state index in [1.54, 1.807) is 0 Å². The number of carboxylic acids is 1. The van der Waals surface area contributed by atoms with Crippen molar-refractivity contribution in [1.29, 1.82) is 0 Å². The predicted molar refractivity (Wildman–Crippen MR) is 107 cm³/mol. The zero-order valence-corrected chi connectivity index (χ0v) is 17.2. The van der Waals surface area contributed by atoms with Crippen LogP contribution in [0.3, 0.4) is 0 Å². The van der Waals surface area contributed by atoms with Crippen LogP contribution in [0.25, 0.3) is 0 Å². The monoisotopic (exact) mass is 399 g/mol. The van der Waals surface area contributed by atoms with Crippen molar-refractivity contribution in [2.24, 2.45) is 5.92 Å². The summed E-state index contributed by atoms with van der Waals surface area (Å²) < 4.78 is 0. The van der Waals surface area contributed by atoms with Gasteiger partial charge in [0.1, 0.15) is 0 Å². The van der Waals surface area contributed by atoms with Gasteiger partial charge >= 0.3 is 0 Å². The van der Waals surface area contributed by atoms with Gasteiger partial charge in [-0.25, -0.2) is 9.97 Å². The molecule has 9 heteroatoms. The molecule has 4 N–H and O–H groups in total. The number of hydrogen-bond donors (Lipinski definition) is 3. The molecule has 0 saturated heterocycles. The number of carbonyl (C=O) groups excluding carboxylic acids is 1. The van der Waals surface area contributed by atoms with Gasteiger partial charge in [0.15, 0.2) is 22.5 Å². The molecule has 0 bridgehead atoms. The van der Waals surface area contributed by atoms with Gasteiger partial charge in [-0.1, -0.05) is 44.7 Å². The van der Waals surface area contributed by atoms with Crippen LogP contribution in [0.15, 0.2) is 0 Å². The average molecular weight is 400 g/mol. The third kappa shape index (κ3) is 7.99. The van der Waals surface area contributed by atoms with Gasteiger partial charge < -0.3 is 21.1 Å². The SMILES string of the molecule is CC(=O)O.CC(C)CN(C)c1nc(N)c(C(=O)NC2CCCCC2)nc1Cl. The van der Waals surface area contributed by atoms with E-state index in [-0.39, 0.29) is 28.6 Å². The van der Waals surface area contributed by atoms with E-state index in [2.05, 4.69) is 29.1 Å². The highest BCUT2D eigenvalue weighted by Crippen LogP contribution is 2.24. The van der Waals surface area contributed by atoms with Crippen LogP contribution in [0.2, 0.25) is 5.15 Å². The Kier molecular flexibility index (Phi) is 9.28. The Bertz CT molecular complexity index is 644. The molecule has 27 heavy (non-hydrogen) atoms. The lowest BCUT2D eigenvalue weighted by Crippen LogP contribution is -2.37. The molecular weight excluding hydrogens is 370 g/mol. The van der Waals surface area contributed by atoms with Gasteiger partial charge in [0.25, 0.3) is 11.9 Å². The Balaban J connectivity index is 0.000000828. The van der Waals surface area contributed by atoms with Crippen molar-refractivity contribution in [1.82, 2.24) is 15.3 Å². The van der Waals surface area contributed by atoms with Gasteiger partial charge in [0, 0.05) is 26.6 Å². The van der Waals surface area contributed by atoms with Crippen LogP contribution in [-0.4, -0.2) is 46.6 Å². The summed E-state index contributed by atoms with van der Waals surface area (Å²) in [7, 11) is 1.89. The molecule has 0 unspecified atom stereocenters. The zero-order valence-electron chi connectivity index (χ0n) is 16.5. The maximum atomic E-state index is 12.4. The lowest BCUT2D eigenvalue weighted by molar-refractivity contribution is -0.134. The normalized spacial score (nSPS) is 14.3. The van der Waals surface area contributed by atoms with Gasteiger partial charge in [-0.3, -0.25) is 9.59 Å². The standard InChI is InChI=1S/C16H26ClN5O.C2H4O2/c1-10(2)9-22(3)15-13(17)20-12(14(18)21-15)16(23)19-11-7-5-4-6-8-11;1-2(3)4/h10-11H,4-9H2,1-3H3,(H2,18,21)(H,19,23);1H3,(H,3,4). The molecule has 1 aromatic heterocycles. The number of aliphatic carboxylic acids is 1. The number of hydrogen-bond acceptors (Lipinski definition) is 6. The summed E-state index contributed by atoms with van der Waals surface area (Å²) in [6, 6.07) is 0.194. The van der Waals surface area contributed by atoms with E-state index in [1.165, 1.54) is 6.42 Å². The number of rotatable bonds is 5. The highest BCUT2D eigenvalue weighted by atomic mass is 35.5. The van der Waals surface area contributed by atoms with E-state index in [4.69, 9.17) is 27.2 Å². The topological polar surface area (TPSA) is 121 Å². The summed E-state index contributed by atoms with van der Waals surface area (Å²) in [4.78, 5) is 31.8. The van der Waals surface area contributed by atoms with E-state index in [1.807, 2.05) is 11.9 Å². The summed E-state index contributed by atoms with van der Waals surface area (Å²) >= 11 is 6.22. The lowest BCUT2D eigenvalue weighted by Gasteiger charge is -2.24. The summed E-state index contributed by atoms with van der Waals surface area (Å²) in [6.45, 7) is 6.07. The van der Waals surface area contributed by atoms with E-state index < -0.39 is 5.97 Å². The second-order valence-corrected chi connectivity index (χ2v) is 7.53. The number of nitrogens with zero attached hydrogens (tertiary/aromatic N) is 3. The van der Waals surface area contributed by atoms with E-state index in [0.717, 1.165) is 39.2 Å². The number of amides is 1. The molecule has 0 atom stereocenters. The minimum Gasteiger partial charge on any atom is -0.481 e.